The molecule has 2 nitrogen and oxygen atoms in total. The highest BCUT2D eigenvalue weighted by Crippen LogP contribution is 2.33. The molecule has 0 saturated heterocycles. The fourth-order valence-corrected chi connectivity index (χ4v) is 3.76. The van der Waals surface area contributed by atoms with E-state index in [9.17, 15) is 9.18 Å². The molecule has 3 aromatic carbocycles. The number of amides is 1. The Morgan fingerprint density at radius 3 is 2.42 bits per heavy atom. The van der Waals surface area contributed by atoms with E-state index in [0.29, 0.717) is 11.3 Å². The summed E-state index contributed by atoms with van der Waals surface area (Å²) in [4.78, 5) is 12.7. The molecular weight excluding hydrogens is 345 g/mol. The Morgan fingerprint density at radius 2 is 1.69 bits per heavy atom. The van der Waals surface area contributed by atoms with Gasteiger partial charge in [0, 0.05) is 21.3 Å². The van der Waals surface area contributed by atoms with Crippen LogP contribution in [0, 0.1) is 12.7 Å². The molecule has 0 saturated carbocycles. The predicted octanol–water partition coefficient (Wildman–Crippen LogP) is 6.27. The van der Waals surface area contributed by atoms with Gasteiger partial charge in [0.15, 0.2) is 0 Å². The van der Waals surface area contributed by atoms with Crippen molar-refractivity contribution in [3.63, 3.8) is 0 Å². The number of rotatable bonds is 3. The van der Waals surface area contributed by atoms with Crippen molar-refractivity contribution in [3.8, 4) is 11.1 Å². The highest BCUT2D eigenvalue weighted by molar-refractivity contribution is 7.17. The normalized spacial score (nSPS) is 10.8. The third kappa shape index (κ3) is 3.24. The molecule has 0 bridgehead atoms. The van der Waals surface area contributed by atoms with Crippen LogP contribution >= 0.6 is 11.3 Å². The average Bonchev–Trinajstić information content (AvgIpc) is 3.12. The second kappa shape index (κ2) is 6.73. The van der Waals surface area contributed by atoms with Gasteiger partial charge in [0.25, 0.3) is 5.91 Å². The van der Waals surface area contributed by atoms with Gasteiger partial charge in [-0.15, -0.1) is 11.3 Å². The smallest absolute Gasteiger partial charge is 0.255 e. The Kier molecular flexibility index (Phi) is 4.27. The molecule has 0 atom stereocenters. The van der Waals surface area contributed by atoms with Gasteiger partial charge in [-0.3, -0.25) is 4.79 Å². The van der Waals surface area contributed by atoms with E-state index in [1.165, 1.54) is 17.7 Å². The number of thiophene rings is 1. The fourth-order valence-electron chi connectivity index (χ4n) is 2.91. The zero-order chi connectivity index (χ0) is 18.1. The van der Waals surface area contributed by atoms with Crippen molar-refractivity contribution in [1.82, 2.24) is 0 Å². The van der Waals surface area contributed by atoms with Crippen molar-refractivity contribution in [3.05, 3.63) is 89.1 Å². The standard InChI is InChI=1S/C22H16FNOS/c1-14-2-4-15(5-3-14)20-12-16(13-21-19(20)10-11-26-21)22(25)24-18-8-6-17(23)7-9-18/h2-13H,1H3,(H,24,25). The Morgan fingerprint density at radius 1 is 0.962 bits per heavy atom. The zero-order valence-electron chi connectivity index (χ0n) is 14.1. The number of fused-ring (bicyclic) bond motifs is 1. The highest BCUT2D eigenvalue weighted by atomic mass is 32.1. The lowest BCUT2D eigenvalue weighted by molar-refractivity contribution is 0.102. The molecule has 1 aromatic heterocycles. The van der Waals surface area contributed by atoms with Gasteiger partial charge in [-0.05, 0) is 65.9 Å². The van der Waals surface area contributed by atoms with Crippen LogP contribution in [0.2, 0.25) is 0 Å². The number of carbonyl (C=O) groups excluding carboxylic acids is 1. The summed E-state index contributed by atoms with van der Waals surface area (Å²) in [6.07, 6.45) is 0. The quantitative estimate of drug-likeness (QED) is 0.458. The first-order valence-corrected chi connectivity index (χ1v) is 9.13. The highest BCUT2D eigenvalue weighted by Gasteiger charge is 2.13. The van der Waals surface area contributed by atoms with Crippen LogP contribution in [0.4, 0.5) is 10.1 Å². The van der Waals surface area contributed by atoms with Crippen LogP contribution in [0.15, 0.2) is 72.1 Å². The molecule has 128 valence electrons. The molecule has 0 aliphatic heterocycles. The second-order valence-corrected chi connectivity index (χ2v) is 7.13. The maximum absolute atomic E-state index is 13.0. The number of hydrogen-bond donors (Lipinski definition) is 1. The molecule has 4 aromatic rings. The fraction of sp³-hybridized carbons (Fsp3) is 0.0455. The van der Waals surface area contributed by atoms with Crippen LogP contribution in [-0.4, -0.2) is 5.91 Å². The van der Waals surface area contributed by atoms with E-state index in [2.05, 4.69) is 42.6 Å². The van der Waals surface area contributed by atoms with Crippen LogP contribution in [0.1, 0.15) is 15.9 Å². The summed E-state index contributed by atoms with van der Waals surface area (Å²) in [6.45, 7) is 2.05. The maximum atomic E-state index is 13.0. The molecule has 1 amide bonds. The van der Waals surface area contributed by atoms with Gasteiger partial charge < -0.3 is 5.32 Å². The van der Waals surface area contributed by atoms with Gasteiger partial charge in [-0.25, -0.2) is 4.39 Å². The van der Waals surface area contributed by atoms with E-state index >= 15 is 0 Å². The summed E-state index contributed by atoms with van der Waals surface area (Å²) >= 11 is 1.61. The van der Waals surface area contributed by atoms with Gasteiger partial charge in [0.05, 0.1) is 0 Å². The number of aryl methyl sites for hydroxylation is 1. The summed E-state index contributed by atoms with van der Waals surface area (Å²) in [5.74, 6) is -0.537. The van der Waals surface area contributed by atoms with Crippen LogP contribution < -0.4 is 5.32 Å². The SMILES string of the molecule is Cc1ccc(-c2cc(C(=O)Nc3ccc(F)cc3)cc3sccc23)cc1. The molecule has 0 spiro atoms. The van der Waals surface area contributed by atoms with Gasteiger partial charge in [0.1, 0.15) is 5.82 Å². The van der Waals surface area contributed by atoms with Gasteiger partial charge in [-0.1, -0.05) is 29.8 Å². The van der Waals surface area contributed by atoms with Crippen molar-refractivity contribution in [2.75, 3.05) is 5.32 Å². The molecule has 4 heteroatoms. The minimum Gasteiger partial charge on any atom is -0.322 e. The number of anilines is 1. The first-order valence-electron chi connectivity index (χ1n) is 8.25. The van der Waals surface area contributed by atoms with Gasteiger partial charge in [-0.2, -0.15) is 0 Å². The molecule has 4 rings (SSSR count). The van der Waals surface area contributed by atoms with Crippen molar-refractivity contribution < 1.29 is 9.18 Å². The predicted molar refractivity (Wildman–Crippen MR) is 106 cm³/mol. The molecule has 0 aliphatic rings. The Balaban J connectivity index is 1.74. The van der Waals surface area contributed by atoms with E-state index in [1.54, 1.807) is 23.5 Å². The average molecular weight is 361 g/mol. The van der Waals surface area contributed by atoms with E-state index < -0.39 is 0 Å². The lowest BCUT2D eigenvalue weighted by Crippen LogP contribution is -2.11. The number of nitrogens with one attached hydrogen (secondary N) is 1. The Bertz CT molecular complexity index is 1080. The molecule has 1 N–H and O–H groups in total. The second-order valence-electron chi connectivity index (χ2n) is 6.18. The third-order valence-corrected chi connectivity index (χ3v) is 5.16. The summed E-state index contributed by atoms with van der Waals surface area (Å²) in [7, 11) is 0. The van der Waals surface area contributed by atoms with E-state index in [0.717, 1.165) is 21.2 Å². The largest absolute Gasteiger partial charge is 0.322 e. The number of carbonyl (C=O) groups is 1. The number of benzene rings is 3. The first-order chi connectivity index (χ1) is 12.6. The monoisotopic (exact) mass is 361 g/mol. The molecule has 0 unspecified atom stereocenters. The molecule has 1 heterocycles. The molecule has 0 fully saturated rings. The summed E-state index contributed by atoms with van der Waals surface area (Å²) in [5, 5.41) is 6.00. The van der Waals surface area contributed by atoms with Crippen molar-refractivity contribution >= 4 is 33.0 Å². The Hall–Kier alpha value is -2.98. The van der Waals surface area contributed by atoms with Crippen LogP contribution in [-0.2, 0) is 0 Å². The summed E-state index contributed by atoms with van der Waals surface area (Å²) in [5.41, 5.74) is 4.46. The molecule has 0 aliphatic carbocycles. The lowest BCUT2D eigenvalue weighted by Gasteiger charge is -2.10. The lowest BCUT2D eigenvalue weighted by atomic mass is 9.98. The van der Waals surface area contributed by atoms with Crippen molar-refractivity contribution in [2.24, 2.45) is 0 Å². The minimum atomic E-state index is -0.329. The summed E-state index contributed by atoms with van der Waals surface area (Å²) in [6, 6.07) is 19.9. The number of hydrogen-bond acceptors (Lipinski definition) is 2. The molecule has 26 heavy (non-hydrogen) atoms. The van der Waals surface area contributed by atoms with Crippen molar-refractivity contribution in [2.45, 2.75) is 6.92 Å². The zero-order valence-corrected chi connectivity index (χ0v) is 14.9. The Labute approximate surface area is 154 Å². The first kappa shape index (κ1) is 16.5. The minimum absolute atomic E-state index is 0.208. The maximum Gasteiger partial charge on any atom is 0.255 e. The van der Waals surface area contributed by atoms with Crippen molar-refractivity contribution in [1.29, 1.82) is 0 Å². The van der Waals surface area contributed by atoms with Gasteiger partial charge >= 0.3 is 0 Å². The van der Waals surface area contributed by atoms with Crippen LogP contribution in [0.25, 0.3) is 21.2 Å². The topological polar surface area (TPSA) is 29.1 Å². The van der Waals surface area contributed by atoms with Crippen LogP contribution in [0.5, 0.6) is 0 Å². The van der Waals surface area contributed by atoms with Gasteiger partial charge in [0.2, 0.25) is 0 Å². The van der Waals surface area contributed by atoms with E-state index in [-0.39, 0.29) is 11.7 Å². The van der Waals surface area contributed by atoms with Crippen LogP contribution in [0.3, 0.4) is 0 Å². The molecule has 0 radical (unpaired) electrons. The number of halogens is 1. The summed E-state index contributed by atoms with van der Waals surface area (Å²) < 4.78 is 14.1. The third-order valence-electron chi connectivity index (χ3n) is 4.30. The van der Waals surface area contributed by atoms with E-state index in [1.807, 2.05) is 17.5 Å². The molecular formula is C22H16FNOS. The van der Waals surface area contributed by atoms with E-state index in [4.69, 9.17) is 0 Å².